The highest BCUT2D eigenvalue weighted by Crippen LogP contribution is 2.34. The average molecular weight is 545 g/mol. The number of carbonyl (C=O) groups excluding carboxylic acids is 2. The molecule has 0 unspecified atom stereocenters. The fourth-order valence-corrected chi connectivity index (χ4v) is 7.16. The lowest BCUT2D eigenvalue weighted by atomic mass is 10.0. The zero-order valence-corrected chi connectivity index (χ0v) is 23.8. The first kappa shape index (κ1) is 26.4. The van der Waals surface area contributed by atoms with Crippen LogP contribution >= 0.6 is 23.1 Å². The van der Waals surface area contributed by atoms with Crippen molar-refractivity contribution in [3.8, 4) is 0 Å². The number of anilines is 1. The lowest BCUT2D eigenvalue weighted by Crippen LogP contribution is -2.47. The average Bonchev–Trinajstić information content (AvgIpc) is 3.30. The minimum Gasteiger partial charge on any atom is -0.336 e. The molecule has 3 aromatic carbocycles. The summed E-state index contributed by atoms with van der Waals surface area (Å²) in [6.07, 6.45) is 0. The number of nitrogens with one attached hydrogen (secondary N) is 1. The van der Waals surface area contributed by atoms with Gasteiger partial charge >= 0.3 is 0 Å². The molecule has 1 saturated heterocycles. The number of aryl methyl sites for hydroxylation is 3. The van der Waals surface area contributed by atoms with Crippen LogP contribution in [0.3, 0.4) is 0 Å². The number of fused-ring (bicyclic) bond motifs is 1. The van der Waals surface area contributed by atoms with E-state index in [1.54, 1.807) is 41.3 Å². The molecule has 2 amide bonds. The molecule has 0 saturated carbocycles. The Hall–Kier alpha value is -3.20. The van der Waals surface area contributed by atoms with Crippen LogP contribution in [0.25, 0.3) is 10.2 Å². The van der Waals surface area contributed by atoms with E-state index in [-0.39, 0.29) is 11.8 Å². The molecule has 0 spiro atoms. The molecule has 0 bridgehead atoms. The highest BCUT2D eigenvalue weighted by molar-refractivity contribution is 8.00. The monoisotopic (exact) mass is 544 g/mol. The van der Waals surface area contributed by atoms with E-state index in [0.717, 1.165) is 33.4 Å². The molecule has 1 aliphatic heterocycles. The summed E-state index contributed by atoms with van der Waals surface area (Å²) in [4.78, 5) is 35.3. The summed E-state index contributed by atoms with van der Waals surface area (Å²) < 4.78 is 2.02. The van der Waals surface area contributed by atoms with Crippen molar-refractivity contribution in [2.45, 2.75) is 30.9 Å². The van der Waals surface area contributed by atoms with Gasteiger partial charge in [-0.2, -0.15) is 0 Å². The highest BCUT2D eigenvalue weighted by atomic mass is 32.2. The third-order valence-corrected chi connectivity index (χ3v) is 9.19. The molecule has 1 aliphatic rings. The lowest BCUT2D eigenvalue weighted by molar-refractivity contribution is 0.0660. The molecule has 196 valence electrons. The summed E-state index contributed by atoms with van der Waals surface area (Å²) >= 11 is 3.38. The molecule has 8 heteroatoms. The predicted octanol–water partition coefficient (Wildman–Crippen LogP) is 6.15. The molecule has 6 nitrogen and oxygen atoms in total. The van der Waals surface area contributed by atoms with Crippen molar-refractivity contribution in [3.05, 3.63) is 88.0 Å². The fourth-order valence-electron chi connectivity index (χ4n) is 4.86. The van der Waals surface area contributed by atoms with Gasteiger partial charge in [0.25, 0.3) is 11.8 Å². The van der Waals surface area contributed by atoms with Crippen molar-refractivity contribution in [3.63, 3.8) is 0 Å². The third-order valence-electron chi connectivity index (χ3n) is 7.00. The largest absolute Gasteiger partial charge is 0.336 e. The van der Waals surface area contributed by atoms with Gasteiger partial charge in [-0.1, -0.05) is 41.6 Å². The number of amides is 2. The Labute approximate surface area is 232 Å². The number of hydrogen-bond donors (Lipinski definition) is 1. The molecule has 5 rings (SSSR count). The molecule has 2 heterocycles. The maximum Gasteiger partial charge on any atom is 0.256 e. The van der Waals surface area contributed by atoms with Crippen LogP contribution in [-0.4, -0.2) is 59.8 Å². The maximum atomic E-state index is 13.3. The predicted molar refractivity (Wildman–Crippen MR) is 158 cm³/mol. The standard InChI is InChI=1S/C30H32N4O2S2/c1-19-15-20(2)25(21(3)16-19)18-37-30-32-26-10-9-22(17-27(26)38-30)31-28(35)23-7-5-6-8-24(23)29(36)34-13-11-33(4)12-14-34/h5-10,15-17H,11-14,18H2,1-4H3,(H,31,35). The van der Waals surface area contributed by atoms with E-state index < -0.39 is 0 Å². The van der Waals surface area contributed by atoms with Crippen LogP contribution in [-0.2, 0) is 5.75 Å². The third kappa shape index (κ3) is 5.77. The summed E-state index contributed by atoms with van der Waals surface area (Å²) in [5.41, 5.74) is 7.70. The van der Waals surface area contributed by atoms with Crippen LogP contribution in [0, 0.1) is 20.8 Å². The first-order valence-corrected chi connectivity index (χ1v) is 14.6. The van der Waals surface area contributed by atoms with Crippen molar-refractivity contribution in [2.75, 3.05) is 38.5 Å². The Kier molecular flexibility index (Phi) is 7.83. The minimum atomic E-state index is -0.285. The van der Waals surface area contributed by atoms with E-state index in [9.17, 15) is 9.59 Å². The molecular formula is C30H32N4O2S2. The van der Waals surface area contributed by atoms with E-state index in [4.69, 9.17) is 4.98 Å². The van der Waals surface area contributed by atoms with E-state index in [1.165, 1.54) is 22.3 Å². The SMILES string of the molecule is Cc1cc(C)c(CSc2nc3ccc(NC(=O)c4ccccc4C(=O)N4CCN(C)CC4)cc3s2)c(C)c1. The zero-order valence-electron chi connectivity index (χ0n) is 22.2. The quantitative estimate of drug-likeness (QED) is 0.295. The number of thiazole rings is 1. The molecule has 38 heavy (non-hydrogen) atoms. The molecule has 1 fully saturated rings. The number of likely N-dealkylation sites (N-methyl/N-ethyl adjacent to an activating group) is 1. The number of thioether (sulfide) groups is 1. The first-order chi connectivity index (χ1) is 18.3. The van der Waals surface area contributed by atoms with Gasteiger partial charge < -0.3 is 15.1 Å². The van der Waals surface area contributed by atoms with Gasteiger partial charge in [0.2, 0.25) is 0 Å². The van der Waals surface area contributed by atoms with Gasteiger partial charge in [0.15, 0.2) is 4.34 Å². The molecular weight excluding hydrogens is 512 g/mol. The molecule has 4 aromatic rings. The van der Waals surface area contributed by atoms with Gasteiger partial charge in [-0.05, 0) is 74.8 Å². The molecule has 0 aliphatic carbocycles. The van der Waals surface area contributed by atoms with E-state index >= 15 is 0 Å². The van der Waals surface area contributed by atoms with E-state index in [1.807, 2.05) is 29.2 Å². The van der Waals surface area contributed by atoms with Gasteiger partial charge in [0.1, 0.15) is 0 Å². The van der Waals surface area contributed by atoms with E-state index in [0.29, 0.717) is 29.9 Å². The number of hydrogen-bond acceptors (Lipinski definition) is 6. The maximum absolute atomic E-state index is 13.3. The second-order valence-corrected chi connectivity index (χ2v) is 12.2. The zero-order chi connectivity index (χ0) is 26.8. The minimum absolute atomic E-state index is 0.0949. The molecule has 1 N–H and O–H groups in total. The summed E-state index contributed by atoms with van der Waals surface area (Å²) in [6.45, 7) is 9.46. The number of aromatic nitrogens is 1. The summed E-state index contributed by atoms with van der Waals surface area (Å²) in [6, 6.07) is 17.3. The second kappa shape index (κ2) is 11.3. The van der Waals surface area contributed by atoms with Crippen molar-refractivity contribution in [1.29, 1.82) is 0 Å². The van der Waals surface area contributed by atoms with Gasteiger partial charge in [0.05, 0.1) is 21.3 Å². The Morgan fingerprint density at radius 1 is 0.947 bits per heavy atom. The van der Waals surface area contributed by atoms with Gasteiger partial charge in [-0.3, -0.25) is 9.59 Å². The van der Waals surface area contributed by atoms with Crippen LogP contribution < -0.4 is 5.32 Å². The lowest BCUT2D eigenvalue weighted by Gasteiger charge is -2.32. The Morgan fingerprint density at radius 2 is 1.63 bits per heavy atom. The van der Waals surface area contributed by atoms with Crippen LogP contribution in [0.15, 0.2) is 58.9 Å². The van der Waals surface area contributed by atoms with Crippen molar-refractivity contribution in [1.82, 2.24) is 14.8 Å². The normalized spacial score (nSPS) is 14.2. The van der Waals surface area contributed by atoms with E-state index in [2.05, 4.69) is 50.2 Å². The van der Waals surface area contributed by atoms with Gasteiger partial charge in [0, 0.05) is 37.6 Å². The van der Waals surface area contributed by atoms with Crippen molar-refractivity contribution >= 4 is 50.8 Å². The Balaban J connectivity index is 1.30. The molecule has 1 aromatic heterocycles. The highest BCUT2D eigenvalue weighted by Gasteiger charge is 2.24. The smallest absolute Gasteiger partial charge is 0.256 e. The Morgan fingerprint density at radius 3 is 2.34 bits per heavy atom. The van der Waals surface area contributed by atoms with Crippen LogP contribution in [0.5, 0.6) is 0 Å². The number of carbonyl (C=O) groups is 2. The Bertz CT molecular complexity index is 1480. The van der Waals surface area contributed by atoms with Crippen LogP contribution in [0.2, 0.25) is 0 Å². The summed E-state index contributed by atoms with van der Waals surface area (Å²) in [5, 5.41) is 3.00. The van der Waals surface area contributed by atoms with Crippen LogP contribution in [0.1, 0.15) is 43.0 Å². The number of piperazine rings is 1. The summed E-state index contributed by atoms with van der Waals surface area (Å²) in [5.74, 6) is 0.494. The molecule has 0 atom stereocenters. The molecule has 0 radical (unpaired) electrons. The summed E-state index contributed by atoms with van der Waals surface area (Å²) in [7, 11) is 2.05. The number of nitrogens with zero attached hydrogens (tertiary/aromatic N) is 3. The second-order valence-electron chi connectivity index (χ2n) is 9.92. The van der Waals surface area contributed by atoms with Crippen molar-refractivity contribution < 1.29 is 9.59 Å². The first-order valence-electron chi connectivity index (χ1n) is 12.8. The van der Waals surface area contributed by atoms with Gasteiger partial charge in [-0.25, -0.2) is 4.98 Å². The van der Waals surface area contributed by atoms with Crippen LogP contribution in [0.4, 0.5) is 5.69 Å². The van der Waals surface area contributed by atoms with Crippen molar-refractivity contribution in [2.24, 2.45) is 0 Å². The van der Waals surface area contributed by atoms with Gasteiger partial charge in [-0.15, -0.1) is 11.3 Å². The number of rotatable bonds is 6. The number of benzene rings is 3. The topological polar surface area (TPSA) is 65.5 Å². The fraction of sp³-hybridized carbons (Fsp3) is 0.300.